The number of carbonyl (C=O) groups is 4. The van der Waals surface area contributed by atoms with Crippen LogP contribution in [0.25, 0.3) is 0 Å². The first kappa shape index (κ1) is 45.5. The molecule has 0 radical (unpaired) electrons. The number of methoxy groups -OCH3 is 2. The van der Waals surface area contributed by atoms with Crippen molar-refractivity contribution in [3.05, 3.63) is 0 Å². The van der Waals surface area contributed by atoms with Crippen LogP contribution in [0.5, 0.6) is 0 Å². The van der Waals surface area contributed by atoms with Crippen LogP contribution in [0.15, 0.2) is 0 Å². The molecule has 1 aliphatic heterocycles. The van der Waals surface area contributed by atoms with Gasteiger partial charge in [-0.1, -0.05) is 6.42 Å². The SMILES string of the molecule is COCCOCCOCCOCCOCC(COCCOCCOCCOCCOC)OC(=O)NCCCCCC(=O)ON1C(=O)CCC1=O. The maximum Gasteiger partial charge on any atom is 0.407 e. The summed E-state index contributed by atoms with van der Waals surface area (Å²) in [6, 6.07) is 0. The minimum absolute atomic E-state index is 0.0419. The number of hydrogen-bond donors (Lipinski definition) is 1. The maximum atomic E-state index is 12.4. The number of nitrogens with zero attached hydrogens (tertiary/aromatic N) is 1. The standard InChI is InChI=1S/C32H58N2O16/c1-39-10-12-41-14-16-43-18-20-45-22-24-47-26-28(27-48-25-23-46-21-19-44-17-15-42-13-11-40-2)49-32(38)33-9-5-3-4-6-31(37)50-34-29(35)7-8-30(34)36/h28H,3-27H2,1-2H3,(H,33,38). The Hall–Kier alpha value is -2.52. The van der Waals surface area contributed by atoms with Crippen molar-refractivity contribution in [2.75, 3.05) is 140 Å². The molecule has 0 saturated carbocycles. The van der Waals surface area contributed by atoms with Crippen LogP contribution < -0.4 is 5.32 Å². The second-order valence-corrected chi connectivity index (χ2v) is 10.6. The number of imide groups is 1. The lowest BCUT2D eigenvalue weighted by atomic mass is 10.2. The van der Waals surface area contributed by atoms with Crippen molar-refractivity contribution in [2.45, 2.75) is 44.6 Å². The average molecular weight is 727 g/mol. The number of unbranched alkanes of at least 4 members (excludes halogenated alkanes) is 2. The van der Waals surface area contributed by atoms with Crippen molar-refractivity contribution in [1.29, 1.82) is 0 Å². The highest BCUT2D eigenvalue weighted by atomic mass is 16.7. The average Bonchev–Trinajstić information content (AvgIpc) is 3.42. The number of amides is 3. The topological polar surface area (TPSA) is 194 Å². The van der Waals surface area contributed by atoms with E-state index in [2.05, 4.69) is 5.32 Å². The third-order valence-corrected chi connectivity index (χ3v) is 6.50. The minimum atomic E-state index is -0.677. The van der Waals surface area contributed by atoms with Gasteiger partial charge in [-0.05, 0) is 12.8 Å². The van der Waals surface area contributed by atoms with E-state index in [9.17, 15) is 19.2 Å². The molecule has 1 fully saturated rings. The number of alkyl carbamates (subject to hydrolysis) is 1. The zero-order valence-corrected chi connectivity index (χ0v) is 29.7. The number of ether oxygens (including phenoxy) is 11. The summed E-state index contributed by atoms with van der Waals surface area (Å²) < 4.78 is 59.1. The van der Waals surface area contributed by atoms with E-state index in [0.29, 0.717) is 123 Å². The highest BCUT2D eigenvalue weighted by molar-refractivity contribution is 6.01. The highest BCUT2D eigenvalue weighted by Crippen LogP contribution is 2.13. The van der Waals surface area contributed by atoms with Crippen molar-refractivity contribution in [2.24, 2.45) is 0 Å². The van der Waals surface area contributed by atoms with Crippen molar-refractivity contribution < 1.29 is 76.1 Å². The lowest BCUT2D eigenvalue weighted by Crippen LogP contribution is -2.35. The van der Waals surface area contributed by atoms with E-state index in [-0.39, 0.29) is 45.7 Å². The molecule has 1 heterocycles. The van der Waals surface area contributed by atoms with Crippen LogP contribution in [0.3, 0.4) is 0 Å². The second kappa shape index (κ2) is 33.6. The zero-order valence-electron chi connectivity index (χ0n) is 29.7. The van der Waals surface area contributed by atoms with Crippen LogP contribution in [-0.2, 0) is 71.3 Å². The third-order valence-electron chi connectivity index (χ3n) is 6.50. The van der Waals surface area contributed by atoms with Gasteiger partial charge in [0.15, 0.2) is 6.10 Å². The Kier molecular flexibility index (Phi) is 30.6. The van der Waals surface area contributed by atoms with Gasteiger partial charge in [-0.2, -0.15) is 0 Å². The Bertz CT molecular complexity index is 822. The Labute approximate surface area is 294 Å². The molecule has 1 saturated heterocycles. The second-order valence-electron chi connectivity index (χ2n) is 10.6. The summed E-state index contributed by atoms with van der Waals surface area (Å²) in [5.74, 6) is -1.69. The Balaban J connectivity index is 2.21. The fraction of sp³-hybridized carbons (Fsp3) is 0.875. The largest absolute Gasteiger partial charge is 0.441 e. The van der Waals surface area contributed by atoms with Crippen LogP contribution in [0, 0.1) is 0 Å². The lowest BCUT2D eigenvalue weighted by molar-refractivity contribution is -0.197. The number of hydroxylamine groups is 2. The zero-order chi connectivity index (χ0) is 36.3. The molecule has 0 spiro atoms. The molecular weight excluding hydrogens is 668 g/mol. The summed E-state index contributed by atoms with van der Waals surface area (Å²) in [5, 5.41) is 3.21. The summed E-state index contributed by atoms with van der Waals surface area (Å²) in [5.41, 5.74) is 0. The maximum absolute atomic E-state index is 12.4. The number of nitrogens with one attached hydrogen (secondary N) is 1. The fourth-order valence-corrected chi connectivity index (χ4v) is 3.91. The molecule has 0 aromatic heterocycles. The number of hydrogen-bond acceptors (Lipinski definition) is 16. The molecule has 1 rings (SSSR count). The van der Waals surface area contributed by atoms with Crippen LogP contribution in [0.1, 0.15) is 38.5 Å². The minimum Gasteiger partial charge on any atom is -0.441 e. The highest BCUT2D eigenvalue weighted by Gasteiger charge is 2.32. The van der Waals surface area contributed by atoms with E-state index in [1.54, 1.807) is 14.2 Å². The van der Waals surface area contributed by atoms with Crippen molar-refractivity contribution in [3.63, 3.8) is 0 Å². The smallest absolute Gasteiger partial charge is 0.407 e. The summed E-state index contributed by atoms with van der Waals surface area (Å²) in [7, 11) is 3.23. The van der Waals surface area contributed by atoms with Gasteiger partial charge in [0.25, 0.3) is 11.8 Å². The van der Waals surface area contributed by atoms with Gasteiger partial charge in [0, 0.05) is 40.0 Å². The van der Waals surface area contributed by atoms with E-state index in [1.165, 1.54) is 0 Å². The molecule has 0 unspecified atom stereocenters. The van der Waals surface area contributed by atoms with E-state index in [1.807, 2.05) is 0 Å². The van der Waals surface area contributed by atoms with Gasteiger partial charge in [-0.15, -0.1) is 5.06 Å². The summed E-state index contributed by atoms with van der Waals surface area (Å²) in [6.07, 6.45) is 0.464. The first-order chi connectivity index (χ1) is 24.5. The van der Waals surface area contributed by atoms with Gasteiger partial charge in [0.05, 0.1) is 119 Å². The van der Waals surface area contributed by atoms with Gasteiger partial charge >= 0.3 is 12.1 Å². The molecule has 1 N–H and O–H groups in total. The molecule has 50 heavy (non-hydrogen) atoms. The first-order valence-corrected chi connectivity index (χ1v) is 17.1. The van der Waals surface area contributed by atoms with Gasteiger partial charge in [0.1, 0.15) is 0 Å². The predicted octanol–water partition coefficient (Wildman–Crippen LogP) is 0.674. The van der Waals surface area contributed by atoms with Crippen LogP contribution in [0.4, 0.5) is 4.79 Å². The molecule has 0 bridgehead atoms. The molecule has 1 aliphatic rings. The molecule has 18 heteroatoms. The number of carbonyl (C=O) groups excluding carboxylic acids is 4. The van der Waals surface area contributed by atoms with Gasteiger partial charge in [-0.3, -0.25) is 9.59 Å². The van der Waals surface area contributed by atoms with Gasteiger partial charge in [-0.25, -0.2) is 9.59 Å². The molecule has 0 aliphatic carbocycles. The monoisotopic (exact) mass is 726 g/mol. The molecule has 0 atom stereocenters. The van der Waals surface area contributed by atoms with E-state index in [0.717, 1.165) is 0 Å². The van der Waals surface area contributed by atoms with E-state index in [4.69, 9.17) is 56.9 Å². The van der Waals surface area contributed by atoms with Gasteiger partial charge < -0.3 is 62.3 Å². The van der Waals surface area contributed by atoms with E-state index < -0.39 is 30.0 Å². The third kappa shape index (κ3) is 27.2. The van der Waals surface area contributed by atoms with Crippen LogP contribution in [-0.4, -0.2) is 175 Å². The van der Waals surface area contributed by atoms with Gasteiger partial charge in [0.2, 0.25) is 0 Å². The normalized spacial score (nSPS) is 13.1. The van der Waals surface area contributed by atoms with Crippen LogP contribution in [0.2, 0.25) is 0 Å². The Morgan fingerprint density at radius 3 is 1.40 bits per heavy atom. The Morgan fingerprint density at radius 1 is 0.580 bits per heavy atom. The van der Waals surface area contributed by atoms with Crippen molar-refractivity contribution >= 4 is 23.9 Å². The van der Waals surface area contributed by atoms with Crippen LogP contribution >= 0.6 is 0 Å². The first-order valence-electron chi connectivity index (χ1n) is 17.1. The summed E-state index contributed by atoms with van der Waals surface area (Å²) in [6.45, 7) is 7.43. The van der Waals surface area contributed by atoms with Crippen molar-refractivity contribution in [1.82, 2.24) is 10.4 Å². The quantitative estimate of drug-likeness (QED) is 0.0699. The lowest BCUT2D eigenvalue weighted by Gasteiger charge is -2.19. The molecule has 18 nitrogen and oxygen atoms in total. The molecule has 292 valence electrons. The molecular formula is C32H58N2O16. The summed E-state index contributed by atoms with van der Waals surface area (Å²) in [4.78, 5) is 52.2. The molecule has 0 aromatic carbocycles. The number of rotatable bonds is 36. The molecule has 3 amide bonds. The Morgan fingerprint density at radius 2 is 0.980 bits per heavy atom. The van der Waals surface area contributed by atoms with Crippen molar-refractivity contribution in [3.8, 4) is 0 Å². The molecule has 0 aromatic rings. The fourth-order valence-electron chi connectivity index (χ4n) is 3.91. The summed E-state index contributed by atoms with van der Waals surface area (Å²) >= 11 is 0. The predicted molar refractivity (Wildman–Crippen MR) is 174 cm³/mol. The van der Waals surface area contributed by atoms with E-state index >= 15 is 0 Å².